The third kappa shape index (κ3) is 6.37. The summed E-state index contributed by atoms with van der Waals surface area (Å²) in [5.41, 5.74) is -0.0775. The first kappa shape index (κ1) is 17.0. The lowest BCUT2D eigenvalue weighted by atomic mass is 9.85. The number of hydrogen-bond acceptors (Lipinski definition) is 3. The van der Waals surface area contributed by atoms with E-state index in [2.05, 4.69) is 10.6 Å². The van der Waals surface area contributed by atoms with Crippen molar-refractivity contribution in [2.45, 2.75) is 58.9 Å². The Labute approximate surface area is 121 Å². The van der Waals surface area contributed by atoms with Crippen molar-refractivity contribution in [1.29, 1.82) is 0 Å². The maximum absolute atomic E-state index is 11.8. The van der Waals surface area contributed by atoms with Gasteiger partial charge in [0.25, 0.3) is 0 Å². The summed E-state index contributed by atoms with van der Waals surface area (Å²) < 4.78 is 0. The van der Waals surface area contributed by atoms with E-state index in [1.165, 1.54) is 0 Å². The summed E-state index contributed by atoms with van der Waals surface area (Å²) in [5, 5.41) is 14.9. The fourth-order valence-corrected chi connectivity index (χ4v) is 2.60. The molecule has 1 saturated carbocycles. The van der Waals surface area contributed by atoms with Gasteiger partial charge in [-0.2, -0.15) is 0 Å². The molecule has 2 amide bonds. The third-order valence-electron chi connectivity index (χ3n) is 3.63. The molecule has 0 aromatic carbocycles. The highest BCUT2D eigenvalue weighted by molar-refractivity contribution is 5.85. The standard InChI is InChI=1S/C15H28N2O3/c1-15(2,3)8-13(19)16-9-14(20)17-12-7-5-4-6-11(12)10-18/h11-12,18H,4-10H2,1-3H3,(H,16,19)(H,17,20)/t11-,12-/m1/s1. The monoisotopic (exact) mass is 284 g/mol. The molecule has 1 rings (SSSR count). The van der Waals surface area contributed by atoms with Gasteiger partial charge in [0, 0.05) is 25.0 Å². The zero-order valence-corrected chi connectivity index (χ0v) is 12.9. The first-order chi connectivity index (χ1) is 9.31. The minimum absolute atomic E-state index is 0.0174. The van der Waals surface area contributed by atoms with Crippen molar-refractivity contribution in [2.75, 3.05) is 13.2 Å². The van der Waals surface area contributed by atoms with E-state index >= 15 is 0 Å². The fraction of sp³-hybridized carbons (Fsp3) is 0.867. The van der Waals surface area contributed by atoms with Crippen LogP contribution in [0.1, 0.15) is 52.9 Å². The van der Waals surface area contributed by atoms with Crippen molar-refractivity contribution in [2.24, 2.45) is 11.3 Å². The molecule has 0 radical (unpaired) electrons. The van der Waals surface area contributed by atoms with Crippen LogP contribution in [0.5, 0.6) is 0 Å². The van der Waals surface area contributed by atoms with Gasteiger partial charge in [0.2, 0.25) is 11.8 Å². The summed E-state index contributed by atoms with van der Waals surface area (Å²) in [7, 11) is 0. The van der Waals surface area contributed by atoms with Gasteiger partial charge < -0.3 is 15.7 Å². The molecule has 0 spiro atoms. The number of carbonyl (C=O) groups is 2. The van der Waals surface area contributed by atoms with Crippen LogP contribution >= 0.6 is 0 Å². The van der Waals surface area contributed by atoms with Crippen LogP contribution in [-0.2, 0) is 9.59 Å². The predicted molar refractivity (Wildman–Crippen MR) is 78.1 cm³/mol. The van der Waals surface area contributed by atoms with Gasteiger partial charge >= 0.3 is 0 Å². The average molecular weight is 284 g/mol. The first-order valence-corrected chi connectivity index (χ1v) is 7.49. The van der Waals surface area contributed by atoms with Crippen LogP contribution in [0.25, 0.3) is 0 Å². The molecule has 0 heterocycles. The molecule has 0 aromatic rings. The van der Waals surface area contributed by atoms with Crippen molar-refractivity contribution in [3.8, 4) is 0 Å². The molecular weight excluding hydrogens is 256 g/mol. The molecule has 0 bridgehead atoms. The maximum atomic E-state index is 11.8. The molecule has 2 atom stereocenters. The highest BCUT2D eigenvalue weighted by atomic mass is 16.3. The highest BCUT2D eigenvalue weighted by Gasteiger charge is 2.25. The Bertz CT molecular complexity index is 337. The van der Waals surface area contributed by atoms with Crippen molar-refractivity contribution in [3.05, 3.63) is 0 Å². The number of nitrogens with one attached hydrogen (secondary N) is 2. The van der Waals surface area contributed by atoms with E-state index in [0.29, 0.717) is 6.42 Å². The van der Waals surface area contributed by atoms with E-state index in [0.717, 1.165) is 25.7 Å². The SMILES string of the molecule is CC(C)(C)CC(=O)NCC(=O)N[C@@H]1CCCC[C@@H]1CO. The second kappa shape index (κ2) is 7.62. The van der Waals surface area contributed by atoms with Crippen molar-refractivity contribution >= 4 is 11.8 Å². The largest absolute Gasteiger partial charge is 0.396 e. The Kier molecular flexibility index (Phi) is 6.46. The minimum Gasteiger partial charge on any atom is -0.396 e. The van der Waals surface area contributed by atoms with E-state index in [4.69, 9.17) is 0 Å². The van der Waals surface area contributed by atoms with Gasteiger partial charge in [0.15, 0.2) is 0 Å². The van der Waals surface area contributed by atoms with Crippen LogP contribution in [-0.4, -0.2) is 36.1 Å². The molecule has 5 heteroatoms. The van der Waals surface area contributed by atoms with Gasteiger partial charge in [-0.25, -0.2) is 0 Å². The quantitative estimate of drug-likeness (QED) is 0.710. The summed E-state index contributed by atoms with van der Waals surface area (Å²) in [6.45, 7) is 6.09. The maximum Gasteiger partial charge on any atom is 0.239 e. The summed E-state index contributed by atoms with van der Waals surface area (Å²) in [4.78, 5) is 23.5. The molecule has 0 unspecified atom stereocenters. The lowest BCUT2D eigenvalue weighted by Gasteiger charge is -2.30. The number of aliphatic hydroxyl groups is 1. The summed E-state index contributed by atoms with van der Waals surface area (Å²) in [5.74, 6) is -0.120. The van der Waals surface area contributed by atoms with Crippen LogP contribution in [0.2, 0.25) is 0 Å². The van der Waals surface area contributed by atoms with Crippen molar-refractivity contribution < 1.29 is 14.7 Å². The summed E-state index contributed by atoms with van der Waals surface area (Å²) >= 11 is 0. The number of aliphatic hydroxyl groups excluding tert-OH is 1. The molecule has 0 saturated heterocycles. The van der Waals surface area contributed by atoms with Gasteiger partial charge in [-0.05, 0) is 18.3 Å². The number of carbonyl (C=O) groups excluding carboxylic acids is 2. The molecule has 5 nitrogen and oxygen atoms in total. The summed E-state index contributed by atoms with van der Waals surface area (Å²) in [6, 6.07) is 0.0424. The van der Waals surface area contributed by atoms with Gasteiger partial charge in [0.05, 0.1) is 6.54 Å². The van der Waals surface area contributed by atoms with E-state index in [1.807, 2.05) is 20.8 Å². The highest BCUT2D eigenvalue weighted by Crippen LogP contribution is 2.23. The van der Waals surface area contributed by atoms with Crippen LogP contribution in [0.4, 0.5) is 0 Å². The van der Waals surface area contributed by atoms with Gasteiger partial charge in [-0.15, -0.1) is 0 Å². The molecule has 0 aromatic heterocycles. The Morgan fingerprint density at radius 1 is 1.15 bits per heavy atom. The second-order valence-electron chi connectivity index (χ2n) is 6.92. The minimum atomic E-state index is -0.169. The van der Waals surface area contributed by atoms with Crippen molar-refractivity contribution in [3.63, 3.8) is 0 Å². The molecule has 0 aliphatic heterocycles. The normalized spacial score (nSPS) is 23.2. The van der Waals surface area contributed by atoms with Crippen LogP contribution < -0.4 is 10.6 Å². The molecule has 20 heavy (non-hydrogen) atoms. The van der Waals surface area contributed by atoms with Crippen LogP contribution in [0.15, 0.2) is 0 Å². The number of rotatable bonds is 5. The molecule has 3 N–H and O–H groups in total. The first-order valence-electron chi connectivity index (χ1n) is 7.49. The van der Waals surface area contributed by atoms with Crippen LogP contribution in [0.3, 0.4) is 0 Å². The zero-order chi connectivity index (χ0) is 15.2. The number of hydrogen-bond donors (Lipinski definition) is 3. The summed E-state index contributed by atoms with van der Waals surface area (Å²) in [6.07, 6.45) is 4.46. The lowest BCUT2D eigenvalue weighted by Crippen LogP contribution is -2.47. The van der Waals surface area contributed by atoms with Gasteiger partial charge in [-0.3, -0.25) is 9.59 Å². The average Bonchev–Trinajstić information content (AvgIpc) is 2.35. The second-order valence-corrected chi connectivity index (χ2v) is 6.92. The van der Waals surface area contributed by atoms with Crippen molar-refractivity contribution in [1.82, 2.24) is 10.6 Å². The Balaban J connectivity index is 2.30. The molecule has 116 valence electrons. The van der Waals surface area contributed by atoms with Gasteiger partial charge in [0.1, 0.15) is 0 Å². The smallest absolute Gasteiger partial charge is 0.239 e. The zero-order valence-electron chi connectivity index (χ0n) is 12.9. The Morgan fingerprint density at radius 3 is 2.40 bits per heavy atom. The van der Waals surface area contributed by atoms with E-state index in [9.17, 15) is 14.7 Å². The Morgan fingerprint density at radius 2 is 1.80 bits per heavy atom. The predicted octanol–water partition coefficient (Wildman–Crippen LogP) is 1.21. The Hall–Kier alpha value is -1.10. The van der Waals surface area contributed by atoms with E-state index in [-0.39, 0.29) is 42.3 Å². The molecular formula is C15H28N2O3. The lowest BCUT2D eigenvalue weighted by molar-refractivity contribution is -0.127. The van der Waals surface area contributed by atoms with E-state index < -0.39 is 0 Å². The molecule has 1 aliphatic carbocycles. The fourth-order valence-electron chi connectivity index (χ4n) is 2.60. The molecule has 1 fully saturated rings. The third-order valence-corrected chi connectivity index (χ3v) is 3.63. The van der Waals surface area contributed by atoms with Crippen LogP contribution in [0, 0.1) is 11.3 Å². The number of amides is 2. The van der Waals surface area contributed by atoms with E-state index in [1.54, 1.807) is 0 Å². The topological polar surface area (TPSA) is 78.4 Å². The van der Waals surface area contributed by atoms with Gasteiger partial charge in [-0.1, -0.05) is 33.6 Å². The molecule has 1 aliphatic rings.